The maximum absolute atomic E-state index is 12.3. The first-order valence-electron chi connectivity index (χ1n) is 11.0. The van der Waals surface area contributed by atoms with Crippen LogP contribution in [0.4, 0.5) is 4.79 Å². The van der Waals surface area contributed by atoms with Crippen molar-refractivity contribution in [2.45, 2.75) is 58.8 Å². The summed E-state index contributed by atoms with van der Waals surface area (Å²) in [4.78, 5) is 28.2. The van der Waals surface area contributed by atoms with Crippen LogP contribution >= 0.6 is 0 Å². The fourth-order valence-electron chi connectivity index (χ4n) is 3.02. The summed E-state index contributed by atoms with van der Waals surface area (Å²) in [5, 5.41) is 12.6. The largest absolute Gasteiger partial charge is 0.511 e. The molecule has 0 aliphatic heterocycles. The first-order chi connectivity index (χ1) is 15.5. The first kappa shape index (κ1) is 24.9. The molecule has 0 saturated carbocycles. The third kappa shape index (κ3) is 8.79. The van der Waals surface area contributed by atoms with E-state index in [0.717, 1.165) is 30.6 Å². The van der Waals surface area contributed by atoms with Gasteiger partial charge >= 0.3 is 12.1 Å². The van der Waals surface area contributed by atoms with Crippen molar-refractivity contribution < 1.29 is 29.0 Å². The molecule has 0 radical (unpaired) electrons. The summed E-state index contributed by atoms with van der Waals surface area (Å²) >= 11 is 0. The smallest absolute Gasteiger partial charge is 0.494 e. The molecule has 2 rings (SSSR count). The molecule has 0 atom stereocenters. The zero-order chi connectivity index (χ0) is 23.2. The molecule has 0 fully saturated rings. The Morgan fingerprint density at radius 1 is 0.969 bits per heavy atom. The summed E-state index contributed by atoms with van der Waals surface area (Å²) in [7, 11) is 0. The van der Waals surface area contributed by atoms with E-state index in [1.807, 2.05) is 31.2 Å². The second-order valence-electron chi connectivity index (χ2n) is 7.39. The molecule has 0 bridgehead atoms. The number of unbranched alkanes of at least 4 members (excludes halogenated alkanes) is 4. The summed E-state index contributed by atoms with van der Waals surface area (Å²) in [6, 6.07) is 11.9. The number of carbonyl (C=O) groups excluding carboxylic acids is 1. The summed E-state index contributed by atoms with van der Waals surface area (Å²) < 4.78 is 10.5. The van der Waals surface area contributed by atoms with E-state index >= 15 is 0 Å². The van der Waals surface area contributed by atoms with Crippen LogP contribution in [0, 0.1) is 0 Å². The van der Waals surface area contributed by atoms with Crippen LogP contribution < -0.4 is 9.47 Å². The Balaban J connectivity index is 1.91. The Labute approximate surface area is 189 Å². The maximum Gasteiger partial charge on any atom is 0.511 e. The van der Waals surface area contributed by atoms with Gasteiger partial charge in [0.25, 0.3) is 0 Å². The van der Waals surface area contributed by atoms with Crippen molar-refractivity contribution in [3.8, 4) is 11.5 Å². The Kier molecular flexibility index (Phi) is 10.8. The van der Waals surface area contributed by atoms with Gasteiger partial charge in [-0.15, -0.1) is 0 Å². The molecule has 1 N–H and O–H groups in total. The van der Waals surface area contributed by atoms with Crippen LogP contribution in [-0.2, 0) is 11.3 Å². The topological polar surface area (TPSA) is 94.4 Å². The number of hydrogen-bond acceptors (Lipinski definition) is 6. The molecule has 2 aromatic carbocycles. The predicted octanol–water partition coefficient (Wildman–Crippen LogP) is 6.24. The minimum Gasteiger partial charge on any atom is -0.494 e. The van der Waals surface area contributed by atoms with Gasteiger partial charge in [-0.05, 0) is 72.9 Å². The van der Waals surface area contributed by atoms with Crippen LogP contribution in [0.1, 0.15) is 73.9 Å². The van der Waals surface area contributed by atoms with E-state index in [1.165, 1.54) is 37.6 Å². The average molecular weight is 442 g/mol. The third-order valence-corrected chi connectivity index (χ3v) is 4.78. The fraction of sp³-hybridized carbons (Fsp3) is 0.400. The highest BCUT2D eigenvalue weighted by Gasteiger charge is 2.14. The van der Waals surface area contributed by atoms with Crippen molar-refractivity contribution in [2.24, 2.45) is 5.16 Å². The zero-order valence-corrected chi connectivity index (χ0v) is 18.7. The molecular weight excluding hydrogens is 410 g/mol. The third-order valence-electron chi connectivity index (χ3n) is 4.78. The lowest BCUT2D eigenvalue weighted by Crippen LogP contribution is -2.08. The quantitative estimate of drug-likeness (QED) is 0.0988. The number of carboxylic acid groups (broad SMARTS) is 1. The van der Waals surface area contributed by atoms with Crippen LogP contribution in [0.15, 0.2) is 47.6 Å². The number of oxime groups is 1. The molecule has 2 aromatic rings. The van der Waals surface area contributed by atoms with Gasteiger partial charge in [-0.25, -0.2) is 9.59 Å². The average Bonchev–Trinajstić information content (AvgIpc) is 2.78. The van der Waals surface area contributed by atoms with E-state index in [4.69, 9.17) is 19.4 Å². The summed E-state index contributed by atoms with van der Waals surface area (Å²) in [6.07, 6.45) is 7.04. The number of aryl methyl sites for hydroxylation is 1. The minimum atomic E-state index is -1.39. The number of ether oxygens (including phenoxy) is 2. The molecule has 0 unspecified atom stereocenters. The predicted molar refractivity (Wildman–Crippen MR) is 123 cm³/mol. The number of benzene rings is 2. The van der Waals surface area contributed by atoms with Gasteiger partial charge in [-0.3, -0.25) is 0 Å². The van der Waals surface area contributed by atoms with Crippen LogP contribution in [0.5, 0.6) is 11.5 Å². The Morgan fingerprint density at radius 3 is 2.41 bits per heavy atom. The second-order valence-corrected chi connectivity index (χ2v) is 7.39. The van der Waals surface area contributed by atoms with Crippen LogP contribution in [0.25, 0.3) is 0 Å². The Bertz CT molecular complexity index is 892. The maximum atomic E-state index is 12.3. The summed E-state index contributed by atoms with van der Waals surface area (Å²) in [6.45, 7) is 4.90. The molecule has 7 nitrogen and oxygen atoms in total. The highest BCUT2D eigenvalue weighted by molar-refractivity contribution is 5.90. The van der Waals surface area contributed by atoms with Crippen LogP contribution in [-0.4, -0.2) is 30.1 Å². The van der Waals surface area contributed by atoms with Gasteiger partial charge in [-0.2, -0.15) is 0 Å². The van der Waals surface area contributed by atoms with Gasteiger partial charge in [0.15, 0.2) is 0 Å². The molecule has 0 saturated heterocycles. The molecule has 0 aromatic heterocycles. The molecule has 172 valence electrons. The lowest BCUT2D eigenvalue weighted by Gasteiger charge is -2.09. The van der Waals surface area contributed by atoms with Crippen molar-refractivity contribution in [1.29, 1.82) is 0 Å². The lowest BCUT2D eigenvalue weighted by molar-refractivity contribution is 0.0519. The zero-order valence-electron chi connectivity index (χ0n) is 18.7. The molecule has 0 aliphatic rings. The molecule has 0 amide bonds. The van der Waals surface area contributed by atoms with Crippen molar-refractivity contribution in [1.82, 2.24) is 0 Å². The highest BCUT2D eigenvalue weighted by atomic mass is 16.7. The molecule has 0 heterocycles. The van der Waals surface area contributed by atoms with E-state index in [1.54, 1.807) is 6.07 Å². The van der Waals surface area contributed by atoms with E-state index < -0.39 is 12.1 Å². The number of carbonyl (C=O) groups is 2. The van der Waals surface area contributed by atoms with Crippen molar-refractivity contribution in [3.05, 3.63) is 59.2 Å². The van der Waals surface area contributed by atoms with Gasteiger partial charge in [0.2, 0.25) is 0 Å². The Morgan fingerprint density at radius 2 is 1.72 bits per heavy atom. The van der Waals surface area contributed by atoms with E-state index in [2.05, 4.69) is 12.1 Å². The van der Waals surface area contributed by atoms with Crippen molar-refractivity contribution in [2.75, 3.05) is 6.61 Å². The van der Waals surface area contributed by atoms with E-state index in [-0.39, 0.29) is 11.3 Å². The first-order valence-corrected chi connectivity index (χ1v) is 11.0. The van der Waals surface area contributed by atoms with E-state index in [9.17, 15) is 9.59 Å². The van der Waals surface area contributed by atoms with Crippen molar-refractivity contribution >= 4 is 18.3 Å². The molecule has 32 heavy (non-hydrogen) atoms. The number of nitrogens with zero attached hydrogens (tertiary/aromatic N) is 1. The van der Waals surface area contributed by atoms with Gasteiger partial charge < -0.3 is 19.4 Å². The van der Waals surface area contributed by atoms with Gasteiger partial charge in [-0.1, -0.05) is 44.7 Å². The normalized spacial score (nSPS) is 10.8. The van der Waals surface area contributed by atoms with E-state index in [0.29, 0.717) is 18.6 Å². The second kappa shape index (κ2) is 13.9. The standard InChI is InChI=1S/C25H31NO6/c1-3-5-7-8-16-30-22-13-10-19(11-14-22)18-26-32-24(27)21-12-15-23(31-25(28)29)20(17-21)9-6-4-2/h10-15,17-18H,3-9,16H2,1-2H3,(H,28,29). The SMILES string of the molecule is CCCCCCOc1ccc(C=NOC(=O)c2ccc(OC(=O)O)c(CCCC)c2)cc1. The molecule has 0 spiro atoms. The summed E-state index contributed by atoms with van der Waals surface area (Å²) in [5.41, 5.74) is 1.68. The highest BCUT2D eigenvalue weighted by Crippen LogP contribution is 2.23. The van der Waals surface area contributed by atoms with Crippen LogP contribution in [0.3, 0.4) is 0 Å². The number of hydrogen-bond donors (Lipinski definition) is 1. The van der Waals surface area contributed by atoms with Gasteiger partial charge in [0.1, 0.15) is 11.5 Å². The monoisotopic (exact) mass is 441 g/mol. The van der Waals surface area contributed by atoms with Crippen molar-refractivity contribution in [3.63, 3.8) is 0 Å². The summed E-state index contributed by atoms with van der Waals surface area (Å²) in [5.74, 6) is 0.380. The lowest BCUT2D eigenvalue weighted by atomic mass is 10.0. The van der Waals surface area contributed by atoms with Gasteiger partial charge in [0, 0.05) is 0 Å². The minimum absolute atomic E-state index is 0.221. The fourth-order valence-corrected chi connectivity index (χ4v) is 3.02. The molecule has 0 aliphatic carbocycles. The number of rotatable bonds is 13. The van der Waals surface area contributed by atoms with Crippen LogP contribution in [0.2, 0.25) is 0 Å². The molecular formula is C25H31NO6. The Hall–Kier alpha value is -3.35. The molecule has 7 heteroatoms. The van der Waals surface area contributed by atoms with Gasteiger partial charge in [0.05, 0.1) is 18.4 Å².